The van der Waals surface area contributed by atoms with Gasteiger partial charge in [0.25, 0.3) is 10.2 Å². The van der Waals surface area contributed by atoms with E-state index in [1.807, 2.05) is 0 Å². The van der Waals surface area contributed by atoms with E-state index in [1.165, 1.54) is 0 Å². The maximum absolute atomic E-state index is 12.0. The second-order valence-electron chi connectivity index (χ2n) is 3.27. The molecule has 0 spiro atoms. The van der Waals surface area contributed by atoms with E-state index < -0.39 is 40.7 Å². The summed E-state index contributed by atoms with van der Waals surface area (Å²) >= 11 is 0. The molecule has 0 heterocycles. The highest BCUT2D eigenvalue weighted by atomic mass is 19.4. The van der Waals surface area contributed by atoms with Crippen LogP contribution in [0.1, 0.15) is 6.92 Å². The minimum atomic E-state index is -1.57. The Morgan fingerprint density at radius 1 is 1.19 bits per heavy atom. The van der Waals surface area contributed by atoms with Crippen molar-refractivity contribution in [1.82, 2.24) is 5.34 Å². The number of hydrogen-bond donors (Lipinski definition) is 0. The third kappa shape index (κ3) is 6.64. The molecule has 0 aliphatic carbocycles. The van der Waals surface area contributed by atoms with Crippen molar-refractivity contribution in [2.75, 3.05) is 19.8 Å². The summed E-state index contributed by atoms with van der Waals surface area (Å²) in [6, 6.07) is 0. The monoisotopic (exact) mass is 245 g/mol. The Labute approximate surface area is 87.6 Å². The van der Waals surface area contributed by atoms with Crippen molar-refractivity contribution in [3.8, 4) is 0 Å². The number of nitrogens with zero attached hydrogens (tertiary/aromatic N) is 3. The lowest BCUT2D eigenvalue weighted by Gasteiger charge is -2.26. The van der Waals surface area contributed by atoms with Crippen molar-refractivity contribution in [3.05, 3.63) is 20.2 Å². The van der Waals surface area contributed by atoms with Crippen LogP contribution in [0.3, 0.4) is 0 Å². The zero-order chi connectivity index (χ0) is 12.8. The topological polar surface area (TPSA) is 108 Å². The molecule has 0 fully saturated rings. The van der Waals surface area contributed by atoms with Gasteiger partial charge >= 0.3 is 0 Å². The summed E-state index contributed by atoms with van der Waals surface area (Å²) in [6.07, 6.45) is 0. The van der Waals surface area contributed by atoms with Crippen LogP contribution in [0.4, 0.5) is 8.96 Å². The van der Waals surface area contributed by atoms with Crippen LogP contribution in [-0.4, -0.2) is 35.3 Å². The van der Waals surface area contributed by atoms with Crippen LogP contribution >= 0.6 is 0 Å². The molecule has 0 N–H and O–H groups in total. The molecule has 16 heavy (non-hydrogen) atoms. The molecule has 0 saturated carbocycles. The Hall–Kier alpha value is -1.78. The van der Waals surface area contributed by atoms with Crippen LogP contribution in [-0.2, 0) is 9.68 Å². The minimum Gasteiger partial charge on any atom is -0.313 e. The fraction of sp³-hybridized carbons (Fsp3) is 1.00. The van der Waals surface area contributed by atoms with Gasteiger partial charge in [0.2, 0.25) is 0 Å². The van der Waals surface area contributed by atoms with E-state index in [1.54, 1.807) is 0 Å². The second kappa shape index (κ2) is 5.95. The molecule has 0 aromatic carbocycles. The molecule has 0 bridgehead atoms. The summed E-state index contributed by atoms with van der Waals surface area (Å²) in [5, 5.41) is 16.1. The number of hydrogen-bond acceptors (Lipinski definition) is 7. The van der Waals surface area contributed by atoms with Crippen molar-refractivity contribution in [2.24, 2.45) is 5.41 Å². The molecule has 11 heteroatoms. The standard InChI is InChI=1S/C5H9F2N3O6/c1-5(2-8(6)7,3-15-9(11)12)4-16-10(13)14/h2-4H2,1H3. The Balaban J connectivity index is 4.34. The van der Waals surface area contributed by atoms with Gasteiger partial charge in [-0.15, -0.1) is 29.2 Å². The largest absolute Gasteiger partial charge is 0.313 e. The maximum Gasteiger partial charge on any atom is 0.294 e. The first-order valence-corrected chi connectivity index (χ1v) is 3.89. The van der Waals surface area contributed by atoms with Crippen molar-refractivity contribution < 1.29 is 28.8 Å². The molecule has 0 aliphatic rings. The number of halogens is 2. The molecular weight excluding hydrogens is 236 g/mol. The van der Waals surface area contributed by atoms with E-state index in [4.69, 9.17) is 0 Å². The van der Waals surface area contributed by atoms with Crippen LogP contribution in [0.5, 0.6) is 0 Å². The van der Waals surface area contributed by atoms with Crippen molar-refractivity contribution >= 4 is 0 Å². The molecule has 0 aromatic heterocycles. The van der Waals surface area contributed by atoms with Gasteiger partial charge in [-0.3, -0.25) is 0 Å². The highest BCUT2D eigenvalue weighted by Gasteiger charge is 2.31. The Kier molecular flexibility index (Phi) is 5.29. The smallest absolute Gasteiger partial charge is 0.294 e. The van der Waals surface area contributed by atoms with Crippen LogP contribution in [0, 0.1) is 25.6 Å². The third-order valence-corrected chi connectivity index (χ3v) is 1.54. The summed E-state index contributed by atoms with van der Waals surface area (Å²) in [5.41, 5.74) is -1.57. The molecule has 0 rings (SSSR count). The van der Waals surface area contributed by atoms with Gasteiger partial charge in [0.15, 0.2) is 0 Å². The molecule has 0 amide bonds. The lowest BCUT2D eigenvalue weighted by Crippen LogP contribution is -2.38. The molecule has 0 aromatic rings. The highest BCUT2D eigenvalue weighted by molar-refractivity contribution is 4.73. The third-order valence-electron chi connectivity index (χ3n) is 1.54. The lowest BCUT2D eigenvalue weighted by molar-refractivity contribution is -0.771. The van der Waals surface area contributed by atoms with Crippen molar-refractivity contribution in [2.45, 2.75) is 6.92 Å². The van der Waals surface area contributed by atoms with Gasteiger partial charge < -0.3 is 9.68 Å². The summed E-state index contributed by atoms with van der Waals surface area (Å²) in [4.78, 5) is 27.6. The molecule has 0 aliphatic heterocycles. The minimum absolute atomic E-state index is 0.738. The van der Waals surface area contributed by atoms with Crippen LogP contribution < -0.4 is 0 Å². The van der Waals surface area contributed by atoms with Crippen LogP contribution in [0.2, 0.25) is 0 Å². The first-order valence-electron chi connectivity index (χ1n) is 3.89. The average Bonchev–Trinajstić information content (AvgIpc) is 2.11. The van der Waals surface area contributed by atoms with Gasteiger partial charge in [0.1, 0.15) is 13.2 Å². The molecule has 94 valence electrons. The lowest BCUT2D eigenvalue weighted by atomic mass is 9.93. The predicted molar refractivity (Wildman–Crippen MR) is 42.9 cm³/mol. The summed E-state index contributed by atoms with van der Waals surface area (Å²) in [5.74, 6) is 0. The summed E-state index contributed by atoms with van der Waals surface area (Å²) in [7, 11) is 0. The molecule has 0 atom stereocenters. The molecule has 9 nitrogen and oxygen atoms in total. The van der Waals surface area contributed by atoms with E-state index in [0.717, 1.165) is 6.92 Å². The molecular formula is C5H9F2N3O6. The maximum atomic E-state index is 12.0. The van der Waals surface area contributed by atoms with E-state index in [9.17, 15) is 29.2 Å². The highest BCUT2D eigenvalue weighted by Crippen LogP contribution is 2.20. The van der Waals surface area contributed by atoms with Gasteiger partial charge in [-0.2, -0.15) is 0 Å². The Morgan fingerprint density at radius 2 is 1.56 bits per heavy atom. The van der Waals surface area contributed by atoms with Gasteiger partial charge in [-0.25, -0.2) is 0 Å². The van der Waals surface area contributed by atoms with Gasteiger partial charge in [0.05, 0.1) is 6.54 Å². The van der Waals surface area contributed by atoms with E-state index in [2.05, 4.69) is 9.68 Å². The Morgan fingerprint density at radius 3 is 1.81 bits per heavy atom. The second-order valence-corrected chi connectivity index (χ2v) is 3.27. The van der Waals surface area contributed by atoms with E-state index in [-0.39, 0.29) is 0 Å². The van der Waals surface area contributed by atoms with Crippen LogP contribution in [0.25, 0.3) is 0 Å². The molecule has 0 unspecified atom stereocenters. The van der Waals surface area contributed by atoms with Gasteiger partial charge in [0, 0.05) is 10.8 Å². The summed E-state index contributed by atoms with van der Waals surface area (Å²) < 4.78 is 23.9. The van der Waals surface area contributed by atoms with Gasteiger partial charge in [-0.05, 0) is 0 Å². The first kappa shape index (κ1) is 14.2. The zero-order valence-electron chi connectivity index (χ0n) is 8.17. The first-order chi connectivity index (χ1) is 7.25. The van der Waals surface area contributed by atoms with Gasteiger partial charge in [-0.1, -0.05) is 6.92 Å². The predicted octanol–water partition coefficient (Wildman–Crippen LogP) is 0.480. The van der Waals surface area contributed by atoms with Crippen molar-refractivity contribution in [1.29, 1.82) is 0 Å². The SMILES string of the molecule is CC(CO[N+](=O)[O-])(CO[N+](=O)[O-])CN(F)F. The number of rotatable bonds is 8. The summed E-state index contributed by atoms with van der Waals surface area (Å²) in [6.45, 7) is -1.31. The zero-order valence-corrected chi connectivity index (χ0v) is 8.17. The normalized spacial score (nSPS) is 11.2. The fourth-order valence-corrected chi connectivity index (χ4v) is 0.839. The van der Waals surface area contributed by atoms with Crippen molar-refractivity contribution in [3.63, 3.8) is 0 Å². The average molecular weight is 245 g/mol. The Bertz CT molecular complexity index is 245. The van der Waals surface area contributed by atoms with Crippen LogP contribution in [0.15, 0.2) is 0 Å². The molecule has 0 radical (unpaired) electrons. The quantitative estimate of drug-likeness (QED) is 0.347. The van der Waals surface area contributed by atoms with E-state index >= 15 is 0 Å². The van der Waals surface area contributed by atoms with E-state index in [0.29, 0.717) is 0 Å². The fourth-order valence-electron chi connectivity index (χ4n) is 0.839. The molecule has 0 saturated heterocycles.